The molecule has 17 heavy (non-hydrogen) atoms. The van der Waals surface area contributed by atoms with E-state index in [1.54, 1.807) is 0 Å². The molecule has 0 bridgehead atoms. The molecule has 98 valence electrons. The third kappa shape index (κ3) is 3.90. The molecule has 0 aromatic heterocycles. The van der Waals surface area contributed by atoms with Crippen molar-refractivity contribution in [2.75, 3.05) is 6.54 Å². The van der Waals surface area contributed by atoms with Gasteiger partial charge in [0.05, 0.1) is 0 Å². The standard InChI is InChI=1S/C16H29N/c1-8-9-15(4,5)11-16(6,7)12-17-13(2)10-14(17)3/h2-3,8-12H2,1,4-7H3. The number of hydrogen-bond acceptors (Lipinski definition) is 1. The van der Waals surface area contributed by atoms with Crippen LogP contribution < -0.4 is 0 Å². The van der Waals surface area contributed by atoms with E-state index in [1.807, 2.05) is 0 Å². The predicted octanol–water partition coefficient (Wildman–Crippen LogP) is 4.96. The molecule has 1 aliphatic rings. The Hall–Kier alpha value is -0.720. The molecular formula is C16H29N. The number of hydrogen-bond donors (Lipinski definition) is 0. The summed E-state index contributed by atoms with van der Waals surface area (Å²) in [4.78, 5) is 2.29. The van der Waals surface area contributed by atoms with E-state index in [2.05, 4.69) is 52.7 Å². The maximum absolute atomic E-state index is 4.07. The zero-order valence-electron chi connectivity index (χ0n) is 12.4. The molecule has 0 radical (unpaired) electrons. The summed E-state index contributed by atoms with van der Waals surface area (Å²) in [6.45, 7) is 21.0. The lowest BCUT2D eigenvalue weighted by Crippen LogP contribution is -2.40. The topological polar surface area (TPSA) is 3.24 Å². The minimum Gasteiger partial charge on any atom is -0.348 e. The van der Waals surface area contributed by atoms with Gasteiger partial charge < -0.3 is 4.90 Å². The van der Waals surface area contributed by atoms with Crippen LogP contribution in [0.15, 0.2) is 24.6 Å². The Kier molecular flexibility index (Phi) is 4.11. The first-order valence-corrected chi connectivity index (χ1v) is 6.80. The summed E-state index contributed by atoms with van der Waals surface area (Å²) in [5, 5.41) is 0. The van der Waals surface area contributed by atoms with Crippen LogP contribution in [0.1, 0.15) is 60.3 Å². The fourth-order valence-electron chi connectivity index (χ4n) is 3.33. The van der Waals surface area contributed by atoms with Gasteiger partial charge in [0.1, 0.15) is 0 Å². The fourth-order valence-corrected chi connectivity index (χ4v) is 3.33. The van der Waals surface area contributed by atoms with Crippen molar-refractivity contribution in [3.63, 3.8) is 0 Å². The average molecular weight is 235 g/mol. The lowest BCUT2D eigenvalue weighted by molar-refractivity contribution is 0.133. The van der Waals surface area contributed by atoms with Crippen molar-refractivity contribution in [3.8, 4) is 0 Å². The first-order chi connectivity index (χ1) is 7.67. The average Bonchev–Trinajstić information content (AvgIpc) is 2.13. The van der Waals surface area contributed by atoms with Gasteiger partial charge in [-0.1, -0.05) is 54.2 Å². The van der Waals surface area contributed by atoms with Crippen LogP contribution in [0.4, 0.5) is 0 Å². The Balaban J connectivity index is 2.56. The van der Waals surface area contributed by atoms with Crippen molar-refractivity contribution < 1.29 is 0 Å². The van der Waals surface area contributed by atoms with Crippen LogP contribution >= 0.6 is 0 Å². The summed E-state index contributed by atoms with van der Waals surface area (Å²) in [6, 6.07) is 0. The number of rotatable bonds is 6. The molecular weight excluding hydrogens is 206 g/mol. The van der Waals surface area contributed by atoms with Gasteiger partial charge in [0, 0.05) is 24.4 Å². The van der Waals surface area contributed by atoms with Crippen LogP contribution in [-0.4, -0.2) is 11.4 Å². The van der Waals surface area contributed by atoms with E-state index in [9.17, 15) is 0 Å². The number of nitrogens with zero attached hydrogens (tertiary/aromatic N) is 1. The Bertz CT molecular complexity index is 295. The van der Waals surface area contributed by atoms with Gasteiger partial charge in [-0.3, -0.25) is 0 Å². The Morgan fingerprint density at radius 3 is 2.00 bits per heavy atom. The van der Waals surface area contributed by atoms with Crippen LogP contribution in [0.25, 0.3) is 0 Å². The molecule has 1 fully saturated rings. The summed E-state index contributed by atoms with van der Waals surface area (Å²) in [5.74, 6) is 0. The number of likely N-dealkylation sites (tertiary alicyclic amines) is 1. The van der Waals surface area contributed by atoms with E-state index in [4.69, 9.17) is 0 Å². The SMILES string of the molecule is C=C1CC(=C)N1CC(C)(C)CC(C)(C)CCC. The highest BCUT2D eigenvalue weighted by Crippen LogP contribution is 2.41. The second-order valence-electron chi connectivity index (χ2n) is 7.15. The van der Waals surface area contributed by atoms with Crippen molar-refractivity contribution >= 4 is 0 Å². The lowest BCUT2D eigenvalue weighted by atomic mass is 9.72. The van der Waals surface area contributed by atoms with E-state index >= 15 is 0 Å². The van der Waals surface area contributed by atoms with Gasteiger partial charge in [0.25, 0.3) is 0 Å². The lowest BCUT2D eigenvalue weighted by Gasteiger charge is -2.45. The highest BCUT2D eigenvalue weighted by Gasteiger charge is 2.33. The minimum atomic E-state index is 0.324. The second-order valence-corrected chi connectivity index (χ2v) is 7.15. The summed E-state index contributed by atoms with van der Waals surface area (Å²) < 4.78 is 0. The first-order valence-electron chi connectivity index (χ1n) is 6.80. The van der Waals surface area contributed by atoms with Crippen molar-refractivity contribution in [2.24, 2.45) is 10.8 Å². The second kappa shape index (κ2) is 4.88. The van der Waals surface area contributed by atoms with E-state index in [1.165, 1.54) is 30.7 Å². The molecule has 1 heterocycles. The molecule has 0 atom stereocenters. The summed E-state index contributed by atoms with van der Waals surface area (Å²) >= 11 is 0. The molecule has 0 amide bonds. The van der Waals surface area contributed by atoms with Gasteiger partial charge in [-0.05, 0) is 23.7 Å². The normalized spacial score (nSPS) is 17.4. The molecule has 1 nitrogen and oxygen atoms in total. The Morgan fingerprint density at radius 2 is 1.59 bits per heavy atom. The fraction of sp³-hybridized carbons (Fsp3) is 0.750. The van der Waals surface area contributed by atoms with Crippen molar-refractivity contribution in [1.29, 1.82) is 0 Å². The maximum Gasteiger partial charge on any atom is 0.0276 e. The highest BCUT2D eigenvalue weighted by molar-refractivity contribution is 5.24. The van der Waals surface area contributed by atoms with Crippen LogP contribution in [0.3, 0.4) is 0 Å². The van der Waals surface area contributed by atoms with Gasteiger partial charge in [-0.2, -0.15) is 0 Å². The van der Waals surface area contributed by atoms with E-state index in [-0.39, 0.29) is 0 Å². The molecule has 1 rings (SSSR count). The third-order valence-corrected chi connectivity index (χ3v) is 3.64. The van der Waals surface area contributed by atoms with Crippen LogP contribution in [-0.2, 0) is 0 Å². The Morgan fingerprint density at radius 1 is 1.06 bits per heavy atom. The van der Waals surface area contributed by atoms with Crippen LogP contribution in [0.2, 0.25) is 0 Å². The van der Waals surface area contributed by atoms with Crippen LogP contribution in [0.5, 0.6) is 0 Å². The molecule has 1 aliphatic heterocycles. The molecule has 0 spiro atoms. The molecule has 0 N–H and O–H groups in total. The van der Waals surface area contributed by atoms with Gasteiger partial charge in [0.2, 0.25) is 0 Å². The van der Waals surface area contributed by atoms with Crippen molar-refractivity contribution in [3.05, 3.63) is 24.6 Å². The van der Waals surface area contributed by atoms with Crippen molar-refractivity contribution in [2.45, 2.75) is 60.3 Å². The molecule has 0 aliphatic carbocycles. The van der Waals surface area contributed by atoms with E-state index in [0.717, 1.165) is 13.0 Å². The quantitative estimate of drug-likeness (QED) is 0.629. The van der Waals surface area contributed by atoms with E-state index < -0.39 is 0 Å². The molecule has 0 saturated carbocycles. The molecule has 0 aromatic carbocycles. The summed E-state index contributed by atoms with van der Waals surface area (Å²) in [7, 11) is 0. The minimum absolute atomic E-state index is 0.324. The molecule has 0 unspecified atom stereocenters. The van der Waals surface area contributed by atoms with Crippen LogP contribution in [0, 0.1) is 10.8 Å². The zero-order chi connectivity index (χ0) is 13.3. The summed E-state index contributed by atoms with van der Waals surface area (Å²) in [6.07, 6.45) is 4.82. The maximum atomic E-state index is 4.07. The molecule has 0 aromatic rings. The highest BCUT2D eigenvalue weighted by atomic mass is 15.2. The largest absolute Gasteiger partial charge is 0.348 e. The first kappa shape index (κ1) is 14.3. The Labute approximate surface area is 108 Å². The summed E-state index contributed by atoms with van der Waals surface area (Å²) in [5.41, 5.74) is 3.23. The van der Waals surface area contributed by atoms with Gasteiger partial charge in [-0.25, -0.2) is 0 Å². The van der Waals surface area contributed by atoms with E-state index in [0.29, 0.717) is 10.8 Å². The monoisotopic (exact) mass is 235 g/mol. The van der Waals surface area contributed by atoms with Gasteiger partial charge in [0.15, 0.2) is 0 Å². The third-order valence-electron chi connectivity index (χ3n) is 3.64. The van der Waals surface area contributed by atoms with Gasteiger partial charge in [-0.15, -0.1) is 0 Å². The predicted molar refractivity (Wildman–Crippen MR) is 76.7 cm³/mol. The smallest absolute Gasteiger partial charge is 0.0276 e. The van der Waals surface area contributed by atoms with Crippen molar-refractivity contribution in [1.82, 2.24) is 4.90 Å². The zero-order valence-corrected chi connectivity index (χ0v) is 12.4. The molecule has 1 heteroatoms. The molecule has 1 saturated heterocycles. The van der Waals surface area contributed by atoms with Gasteiger partial charge >= 0.3 is 0 Å².